The number of hydrogen-bond acceptors (Lipinski definition) is 4. The fourth-order valence-corrected chi connectivity index (χ4v) is 3.43. The number of piperidine rings is 1. The van der Waals surface area contributed by atoms with Crippen LogP contribution in [-0.2, 0) is 0 Å². The van der Waals surface area contributed by atoms with Crippen LogP contribution in [0, 0.1) is 0 Å². The van der Waals surface area contributed by atoms with Crippen molar-refractivity contribution in [2.75, 3.05) is 13.1 Å². The highest BCUT2D eigenvalue weighted by Crippen LogP contribution is 2.19. The fraction of sp³-hybridized carbons (Fsp3) is 0.706. The first-order valence-corrected chi connectivity index (χ1v) is 8.81. The molecule has 6 heteroatoms. The monoisotopic (exact) mass is 318 g/mol. The predicted octanol–water partition coefficient (Wildman–Crippen LogP) is 2.75. The summed E-state index contributed by atoms with van der Waals surface area (Å²) < 4.78 is 5.85. The Labute approximate surface area is 137 Å². The lowest BCUT2D eigenvalue weighted by Crippen LogP contribution is -2.50. The first kappa shape index (κ1) is 16.0. The zero-order valence-corrected chi connectivity index (χ0v) is 13.6. The Balaban J connectivity index is 1.50. The van der Waals surface area contributed by atoms with Crippen molar-refractivity contribution in [1.29, 1.82) is 0 Å². The van der Waals surface area contributed by atoms with E-state index in [-0.39, 0.29) is 12.1 Å². The third-order valence-corrected chi connectivity index (χ3v) is 4.68. The van der Waals surface area contributed by atoms with Crippen LogP contribution < -0.4 is 10.1 Å². The summed E-state index contributed by atoms with van der Waals surface area (Å²) >= 11 is 0. The van der Waals surface area contributed by atoms with Crippen molar-refractivity contribution in [2.45, 2.75) is 63.5 Å². The third-order valence-electron chi connectivity index (χ3n) is 4.68. The summed E-state index contributed by atoms with van der Waals surface area (Å²) in [5, 5.41) is 11.0. The Morgan fingerprint density at radius 3 is 2.74 bits per heavy atom. The van der Waals surface area contributed by atoms with Gasteiger partial charge in [-0.25, -0.2) is 4.79 Å². The normalized spacial score (nSPS) is 23.1. The molecule has 1 aromatic heterocycles. The van der Waals surface area contributed by atoms with Gasteiger partial charge in [-0.15, -0.1) is 5.10 Å². The molecule has 2 amide bonds. The van der Waals surface area contributed by atoms with Gasteiger partial charge in [0.2, 0.25) is 5.88 Å². The molecule has 1 aromatic rings. The lowest BCUT2D eigenvalue weighted by molar-refractivity contribution is 0.0956. The van der Waals surface area contributed by atoms with Crippen molar-refractivity contribution < 1.29 is 9.53 Å². The topological polar surface area (TPSA) is 67.4 Å². The molecule has 0 spiro atoms. The summed E-state index contributed by atoms with van der Waals surface area (Å²) in [7, 11) is 0. The van der Waals surface area contributed by atoms with Crippen LogP contribution in [-0.4, -0.2) is 46.4 Å². The molecular formula is C17H26N4O2. The van der Waals surface area contributed by atoms with E-state index in [1.807, 2.05) is 11.0 Å². The first-order chi connectivity index (χ1) is 11.3. The highest BCUT2D eigenvalue weighted by Gasteiger charge is 2.26. The quantitative estimate of drug-likeness (QED) is 0.870. The minimum Gasteiger partial charge on any atom is -0.471 e. The van der Waals surface area contributed by atoms with E-state index in [1.165, 1.54) is 25.7 Å². The van der Waals surface area contributed by atoms with Gasteiger partial charge in [0.05, 0.1) is 6.54 Å². The minimum absolute atomic E-state index is 0.000309. The number of ether oxygens (including phenoxy) is 1. The van der Waals surface area contributed by atoms with E-state index in [1.54, 1.807) is 12.3 Å². The van der Waals surface area contributed by atoms with Crippen LogP contribution in [0.15, 0.2) is 18.3 Å². The maximum Gasteiger partial charge on any atom is 0.317 e. The van der Waals surface area contributed by atoms with Gasteiger partial charge < -0.3 is 15.0 Å². The molecule has 1 unspecified atom stereocenters. The molecule has 0 bridgehead atoms. The Hall–Kier alpha value is -1.85. The van der Waals surface area contributed by atoms with Gasteiger partial charge in [-0.05, 0) is 31.7 Å². The van der Waals surface area contributed by atoms with Crippen LogP contribution >= 0.6 is 0 Å². The van der Waals surface area contributed by atoms with E-state index in [4.69, 9.17) is 4.74 Å². The maximum absolute atomic E-state index is 12.5. The van der Waals surface area contributed by atoms with Crippen molar-refractivity contribution in [1.82, 2.24) is 20.4 Å². The Morgan fingerprint density at radius 2 is 2.00 bits per heavy atom. The van der Waals surface area contributed by atoms with Crippen LogP contribution in [0.4, 0.5) is 4.79 Å². The molecule has 6 nitrogen and oxygen atoms in total. The number of likely N-dealkylation sites (tertiary alicyclic amines) is 1. The lowest BCUT2D eigenvalue weighted by atomic mass is 10.1. The summed E-state index contributed by atoms with van der Waals surface area (Å²) in [6.07, 6.45) is 10.8. The molecule has 2 aliphatic rings. The van der Waals surface area contributed by atoms with Gasteiger partial charge in [-0.1, -0.05) is 25.7 Å². The number of rotatable bonds is 3. The van der Waals surface area contributed by atoms with E-state index >= 15 is 0 Å². The molecule has 1 aliphatic carbocycles. The molecule has 1 saturated carbocycles. The Bertz CT molecular complexity index is 489. The minimum atomic E-state index is 0.000309. The number of hydrogen-bond donors (Lipinski definition) is 1. The summed E-state index contributed by atoms with van der Waals surface area (Å²) in [5.41, 5.74) is 0. The van der Waals surface area contributed by atoms with Crippen molar-refractivity contribution in [3.05, 3.63) is 18.3 Å². The van der Waals surface area contributed by atoms with Crippen LogP contribution in [0.1, 0.15) is 51.4 Å². The number of urea groups is 1. The Kier molecular flexibility index (Phi) is 5.66. The van der Waals surface area contributed by atoms with Crippen molar-refractivity contribution in [3.8, 4) is 5.88 Å². The van der Waals surface area contributed by atoms with Crippen molar-refractivity contribution in [2.24, 2.45) is 0 Å². The number of nitrogens with zero attached hydrogens (tertiary/aromatic N) is 3. The molecule has 1 aliphatic heterocycles. The van der Waals surface area contributed by atoms with Gasteiger partial charge in [0.25, 0.3) is 0 Å². The van der Waals surface area contributed by atoms with E-state index in [9.17, 15) is 4.79 Å². The summed E-state index contributed by atoms with van der Waals surface area (Å²) in [5.74, 6) is 0.531. The molecule has 1 saturated heterocycles. The highest BCUT2D eigenvalue weighted by molar-refractivity contribution is 5.74. The van der Waals surface area contributed by atoms with E-state index in [0.29, 0.717) is 18.5 Å². The molecule has 0 aromatic carbocycles. The smallest absolute Gasteiger partial charge is 0.317 e. The number of aromatic nitrogens is 2. The van der Waals surface area contributed by atoms with Crippen molar-refractivity contribution in [3.63, 3.8) is 0 Å². The molecule has 2 heterocycles. The first-order valence-electron chi connectivity index (χ1n) is 8.81. The number of carbonyl (C=O) groups excluding carboxylic acids is 1. The zero-order chi connectivity index (χ0) is 15.9. The van der Waals surface area contributed by atoms with Gasteiger partial charge in [0.15, 0.2) is 0 Å². The van der Waals surface area contributed by atoms with Crippen LogP contribution in [0.5, 0.6) is 5.88 Å². The average Bonchev–Trinajstić information content (AvgIpc) is 2.85. The van der Waals surface area contributed by atoms with Gasteiger partial charge in [0.1, 0.15) is 6.10 Å². The summed E-state index contributed by atoms with van der Waals surface area (Å²) in [6.45, 7) is 1.42. The maximum atomic E-state index is 12.5. The van der Waals surface area contributed by atoms with E-state index in [0.717, 1.165) is 32.2 Å². The molecular weight excluding hydrogens is 292 g/mol. The molecule has 23 heavy (non-hydrogen) atoms. The molecule has 0 radical (unpaired) electrons. The van der Waals surface area contributed by atoms with Crippen LogP contribution in [0.2, 0.25) is 0 Å². The van der Waals surface area contributed by atoms with Crippen LogP contribution in [0.3, 0.4) is 0 Å². The largest absolute Gasteiger partial charge is 0.471 e. The molecule has 3 rings (SSSR count). The fourth-order valence-electron chi connectivity index (χ4n) is 3.43. The van der Waals surface area contributed by atoms with E-state index in [2.05, 4.69) is 15.5 Å². The number of amides is 2. The highest BCUT2D eigenvalue weighted by atomic mass is 16.5. The standard InChI is InChI=1S/C17H26N4O2/c22-17(19-14-7-3-1-2-4-8-14)21-12-6-9-15(13-21)23-16-10-5-11-18-20-16/h5,10-11,14-15H,1-4,6-9,12-13H2,(H,19,22). The average molecular weight is 318 g/mol. The summed E-state index contributed by atoms with van der Waals surface area (Å²) in [6, 6.07) is 4.01. The van der Waals surface area contributed by atoms with E-state index < -0.39 is 0 Å². The predicted molar refractivity (Wildman–Crippen MR) is 87.3 cm³/mol. The Morgan fingerprint density at radius 1 is 1.17 bits per heavy atom. The van der Waals surface area contributed by atoms with Crippen LogP contribution in [0.25, 0.3) is 0 Å². The lowest BCUT2D eigenvalue weighted by Gasteiger charge is -2.33. The third kappa shape index (κ3) is 4.81. The SMILES string of the molecule is O=C(NC1CCCCCC1)N1CCCC(Oc2cccnn2)C1. The van der Waals surface area contributed by atoms with Gasteiger partial charge >= 0.3 is 6.03 Å². The van der Waals surface area contributed by atoms with Crippen molar-refractivity contribution >= 4 is 6.03 Å². The molecule has 1 N–H and O–H groups in total. The van der Waals surface area contributed by atoms with Gasteiger partial charge in [-0.3, -0.25) is 0 Å². The number of nitrogens with one attached hydrogen (secondary N) is 1. The van der Waals surface area contributed by atoms with Gasteiger partial charge in [0, 0.05) is 24.8 Å². The molecule has 126 valence electrons. The molecule has 1 atom stereocenters. The molecule has 2 fully saturated rings. The number of carbonyl (C=O) groups is 1. The second-order valence-corrected chi connectivity index (χ2v) is 6.53. The summed E-state index contributed by atoms with van der Waals surface area (Å²) in [4.78, 5) is 14.4. The zero-order valence-electron chi connectivity index (χ0n) is 13.6. The van der Waals surface area contributed by atoms with Gasteiger partial charge in [-0.2, -0.15) is 5.10 Å². The second-order valence-electron chi connectivity index (χ2n) is 6.53. The second kappa shape index (κ2) is 8.13.